The molecule has 0 radical (unpaired) electrons. The van der Waals surface area contributed by atoms with Gasteiger partial charge in [0.2, 0.25) is 0 Å². The van der Waals surface area contributed by atoms with Gasteiger partial charge in [0.25, 0.3) is 0 Å². The standard InChI is InChI=1S/C24H23NO3S/c1-16-22(12-14-29-16)25-13-11-18-15-20(26)8-9-21(18)24(25,2)19-6-3-17(4-7-19)5-10-23(27)28/h3-10,12,14-15,26H,11,13H2,1-2H3,(H,27,28)/b10-5+/t24-/m1/s1. The first-order chi connectivity index (χ1) is 13.9. The highest BCUT2D eigenvalue weighted by Crippen LogP contribution is 2.45. The lowest BCUT2D eigenvalue weighted by Gasteiger charge is -2.48. The van der Waals surface area contributed by atoms with E-state index < -0.39 is 11.5 Å². The Bertz CT molecular complexity index is 1080. The number of anilines is 1. The Morgan fingerprint density at radius 2 is 1.93 bits per heavy atom. The van der Waals surface area contributed by atoms with Crippen LogP contribution in [0.4, 0.5) is 5.69 Å². The van der Waals surface area contributed by atoms with Crippen molar-refractivity contribution in [3.8, 4) is 5.75 Å². The van der Waals surface area contributed by atoms with Gasteiger partial charge in [-0.3, -0.25) is 0 Å². The highest BCUT2D eigenvalue weighted by Gasteiger charge is 2.41. The predicted octanol–water partition coefficient (Wildman–Crippen LogP) is 5.19. The van der Waals surface area contributed by atoms with Crippen LogP contribution in [0.25, 0.3) is 6.08 Å². The van der Waals surface area contributed by atoms with E-state index in [9.17, 15) is 9.90 Å². The average molecular weight is 406 g/mol. The molecule has 1 aromatic heterocycles. The number of phenols is 1. The topological polar surface area (TPSA) is 60.8 Å². The summed E-state index contributed by atoms with van der Waals surface area (Å²) in [6.07, 6.45) is 3.62. The Labute approximate surface area is 174 Å². The minimum absolute atomic E-state index is 0.292. The fraction of sp³-hybridized carbons (Fsp3) is 0.208. The SMILES string of the molecule is Cc1sccc1N1CCc2cc(O)ccc2[C@@]1(C)c1ccc(/C=C/C(=O)O)cc1. The zero-order valence-corrected chi connectivity index (χ0v) is 17.2. The highest BCUT2D eigenvalue weighted by molar-refractivity contribution is 7.10. The molecular formula is C24H23NO3S. The molecule has 0 spiro atoms. The molecule has 2 heterocycles. The maximum Gasteiger partial charge on any atom is 0.328 e. The van der Waals surface area contributed by atoms with Crippen LogP contribution in [0, 0.1) is 6.92 Å². The van der Waals surface area contributed by atoms with Gasteiger partial charge in [-0.1, -0.05) is 30.3 Å². The van der Waals surface area contributed by atoms with Gasteiger partial charge in [-0.05, 0) is 72.2 Å². The van der Waals surface area contributed by atoms with Crippen molar-refractivity contribution in [3.05, 3.63) is 87.1 Å². The molecule has 0 bridgehead atoms. The molecule has 0 aliphatic carbocycles. The molecule has 0 saturated carbocycles. The molecule has 148 valence electrons. The van der Waals surface area contributed by atoms with Crippen molar-refractivity contribution in [2.45, 2.75) is 25.8 Å². The van der Waals surface area contributed by atoms with Gasteiger partial charge in [-0.15, -0.1) is 11.3 Å². The molecule has 5 heteroatoms. The van der Waals surface area contributed by atoms with Crippen molar-refractivity contribution in [1.82, 2.24) is 0 Å². The quantitative estimate of drug-likeness (QED) is 0.587. The predicted molar refractivity (Wildman–Crippen MR) is 118 cm³/mol. The highest BCUT2D eigenvalue weighted by atomic mass is 32.1. The molecule has 1 atom stereocenters. The van der Waals surface area contributed by atoms with Crippen LogP contribution >= 0.6 is 11.3 Å². The van der Waals surface area contributed by atoms with E-state index in [0.717, 1.165) is 35.7 Å². The summed E-state index contributed by atoms with van der Waals surface area (Å²) in [5.41, 5.74) is 5.14. The van der Waals surface area contributed by atoms with E-state index in [1.54, 1.807) is 23.5 Å². The van der Waals surface area contributed by atoms with Gasteiger partial charge in [0.1, 0.15) is 5.75 Å². The Balaban J connectivity index is 1.85. The zero-order valence-electron chi connectivity index (χ0n) is 16.4. The summed E-state index contributed by atoms with van der Waals surface area (Å²) in [6, 6.07) is 15.9. The number of aliphatic carboxylic acids is 1. The summed E-state index contributed by atoms with van der Waals surface area (Å²) in [6.45, 7) is 5.22. The normalized spacial score (nSPS) is 18.8. The molecule has 0 fully saturated rings. The number of benzene rings is 2. The second-order valence-corrected chi connectivity index (χ2v) is 8.59. The molecule has 3 aromatic rings. The first-order valence-corrected chi connectivity index (χ1v) is 10.4. The van der Waals surface area contributed by atoms with Crippen LogP contribution in [0.15, 0.2) is 60.0 Å². The van der Waals surface area contributed by atoms with Crippen molar-refractivity contribution < 1.29 is 15.0 Å². The Morgan fingerprint density at radius 3 is 2.59 bits per heavy atom. The van der Waals surface area contributed by atoms with Gasteiger partial charge in [0.05, 0.1) is 11.2 Å². The first kappa shape index (κ1) is 19.3. The lowest BCUT2D eigenvalue weighted by molar-refractivity contribution is -0.131. The smallest absolute Gasteiger partial charge is 0.328 e. The molecule has 4 rings (SSSR count). The van der Waals surface area contributed by atoms with E-state index in [1.165, 1.54) is 16.1 Å². The van der Waals surface area contributed by atoms with Gasteiger partial charge in [-0.25, -0.2) is 4.79 Å². The number of rotatable bonds is 4. The summed E-state index contributed by atoms with van der Waals surface area (Å²) in [7, 11) is 0. The fourth-order valence-corrected chi connectivity index (χ4v) is 4.98. The number of carboxylic acid groups (broad SMARTS) is 1. The van der Waals surface area contributed by atoms with Gasteiger partial charge < -0.3 is 15.1 Å². The molecule has 4 nitrogen and oxygen atoms in total. The third kappa shape index (κ3) is 3.42. The number of phenolic OH excluding ortho intramolecular Hbond substituents is 1. The second kappa shape index (κ2) is 7.41. The number of hydrogen-bond acceptors (Lipinski definition) is 4. The number of aryl methyl sites for hydroxylation is 1. The molecule has 2 N–H and O–H groups in total. The number of thiophene rings is 1. The Hall–Kier alpha value is -3.05. The monoisotopic (exact) mass is 405 g/mol. The van der Waals surface area contributed by atoms with Crippen molar-refractivity contribution in [3.63, 3.8) is 0 Å². The first-order valence-electron chi connectivity index (χ1n) is 9.55. The second-order valence-electron chi connectivity index (χ2n) is 7.47. The lowest BCUT2D eigenvalue weighted by atomic mass is 9.76. The van der Waals surface area contributed by atoms with E-state index in [0.29, 0.717) is 5.75 Å². The van der Waals surface area contributed by atoms with Gasteiger partial charge in [-0.2, -0.15) is 0 Å². The summed E-state index contributed by atoms with van der Waals surface area (Å²) in [5.74, 6) is -0.665. The Kier molecular flexibility index (Phi) is 4.92. The van der Waals surface area contributed by atoms with E-state index in [-0.39, 0.29) is 0 Å². The van der Waals surface area contributed by atoms with Crippen LogP contribution in [-0.2, 0) is 16.8 Å². The Morgan fingerprint density at radius 1 is 1.17 bits per heavy atom. The summed E-state index contributed by atoms with van der Waals surface area (Å²) in [4.78, 5) is 14.5. The maximum absolute atomic E-state index is 10.8. The molecular weight excluding hydrogens is 382 g/mol. The van der Waals surface area contributed by atoms with E-state index in [4.69, 9.17) is 5.11 Å². The molecule has 0 unspecified atom stereocenters. The lowest BCUT2D eigenvalue weighted by Crippen LogP contribution is -2.49. The van der Waals surface area contributed by atoms with E-state index in [2.05, 4.69) is 42.3 Å². The van der Waals surface area contributed by atoms with Crippen LogP contribution in [0.5, 0.6) is 5.75 Å². The van der Waals surface area contributed by atoms with Crippen molar-refractivity contribution in [2.75, 3.05) is 11.4 Å². The van der Waals surface area contributed by atoms with Crippen molar-refractivity contribution in [1.29, 1.82) is 0 Å². The van der Waals surface area contributed by atoms with E-state index >= 15 is 0 Å². The van der Waals surface area contributed by atoms with Gasteiger partial charge in [0, 0.05) is 17.5 Å². The number of carbonyl (C=O) groups is 1. The molecule has 2 aromatic carbocycles. The number of aromatic hydroxyl groups is 1. The summed E-state index contributed by atoms with van der Waals surface area (Å²) >= 11 is 1.74. The average Bonchev–Trinajstić information content (AvgIpc) is 3.12. The zero-order chi connectivity index (χ0) is 20.6. The van der Waals surface area contributed by atoms with Gasteiger partial charge >= 0.3 is 5.97 Å². The number of nitrogens with zero attached hydrogens (tertiary/aromatic N) is 1. The molecule has 0 saturated heterocycles. The molecule has 0 amide bonds. The third-order valence-electron chi connectivity index (χ3n) is 5.77. The van der Waals surface area contributed by atoms with E-state index in [1.807, 2.05) is 24.3 Å². The minimum Gasteiger partial charge on any atom is -0.508 e. The summed E-state index contributed by atoms with van der Waals surface area (Å²) in [5, 5.41) is 21.0. The third-order valence-corrected chi connectivity index (χ3v) is 6.61. The van der Waals surface area contributed by atoms with Crippen molar-refractivity contribution >= 4 is 29.1 Å². The maximum atomic E-state index is 10.8. The largest absolute Gasteiger partial charge is 0.508 e. The van der Waals surface area contributed by atoms with Crippen LogP contribution in [0.2, 0.25) is 0 Å². The number of carboxylic acids is 1. The van der Waals surface area contributed by atoms with Crippen molar-refractivity contribution in [2.24, 2.45) is 0 Å². The van der Waals surface area contributed by atoms with Crippen LogP contribution in [-0.4, -0.2) is 22.7 Å². The van der Waals surface area contributed by atoms with Crippen LogP contribution < -0.4 is 4.90 Å². The minimum atomic E-state index is -0.957. The fourth-order valence-electron chi connectivity index (χ4n) is 4.28. The molecule has 1 aliphatic rings. The van der Waals surface area contributed by atoms with Crippen LogP contribution in [0.3, 0.4) is 0 Å². The molecule has 29 heavy (non-hydrogen) atoms. The summed E-state index contributed by atoms with van der Waals surface area (Å²) < 4.78 is 0. The number of hydrogen-bond donors (Lipinski definition) is 2. The van der Waals surface area contributed by atoms with Crippen LogP contribution in [0.1, 0.15) is 34.1 Å². The number of fused-ring (bicyclic) bond motifs is 1. The van der Waals surface area contributed by atoms with Gasteiger partial charge in [0.15, 0.2) is 0 Å². The molecule has 1 aliphatic heterocycles.